The molecule has 156 valence electrons. The molecule has 0 aliphatic rings. The smallest absolute Gasteiger partial charge is 0.191 e. The Morgan fingerprint density at radius 1 is 1.13 bits per heavy atom. The largest absolute Gasteiger partial charge is 0.489 e. The van der Waals surface area contributed by atoms with Crippen LogP contribution in [0.1, 0.15) is 23.6 Å². The minimum absolute atomic E-state index is 0.488. The van der Waals surface area contributed by atoms with Gasteiger partial charge in [-0.3, -0.25) is 0 Å². The third-order valence-corrected chi connectivity index (χ3v) is 4.49. The lowest BCUT2D eigenvalue weighted by Crippen LogP contribution is -2.36. The lowest BCUT2D eigenvalue weighted by molar-refractivity contribution is 0.358. The number of benzene rings is 2. The van der Waals surface area contributed by atoms with Crippen LogP contribution < -0.4 is 15.4 Å². The summed E-state index contributed by atoms with van der Waals surface area (Å²) in [6.45, 7) is 9.10. The van der Waals surface area contributed by atoms with Crippen molar-refractivity contribution in [2.45, 2.75) is 26.6 Å². The Morgan fingerprint density at radius 3 is 2.67 bits per heavy atom. The van der Waals surface area contributed by atoms with Gasteiger partial charge in [-0.25, -0.2) is 9.98 Å². The standard InChI is InChI=1S/C24H29N5O/c1-3-15-30-23-8-6-5-7-22(23)17-28-24(26-4-2)27-16-20-9-11-21(12-10-20)18-29-14-13-25-19-29/h3,5-14,19H,1,4,15-18H2,2H3,(H2,26,27,28). The number of rotatable bonds is 10. The summed E-state index contributed by atoms with van der Waals surface area (Å²) in [7, 11) is 0. The monoisotopic (exact) mass is 403 g/mol. The van der Waals surface area contributed by atoms with Crippen LogP contribution in [-0.2, 0) is 19.6 Å². The maximum absolute atomic E-state index is 5.73. The molecular weight excluding hydrogens is 374 g/mol. The van der Waals surface area contributed by atoms with Crippen LogP contribution in [0.3, 0.4) is 0 Å². The summed E-state index contributed by atoms with van der Waals surface area (Å²) in [6, 6.07) is 16.5. The van der Waals surface area contributed by atoms with Crippen molar-refractivity contribution >= 4 is 5.96 Å². The molecular formula is C24H29N5O. The summed E-state index contributed by atoms with van der Waals surface area (Å²) in [5.74, 6) is 1.63. The van der Waals surface area contributed by atoms with Gasteiger partial charge in [0.2, 0.25) is 0 Å². The van der Waals surface area contributed by atoms with Gasteiger partial charge >= 0.3 is 0 Å². The topological polar surface area (TPSA) is 63.5 Å². The molecule has 0 unspecified atom stereocenters. The summed E-state index contributed by atoms with van der Waals surface area (Å²) in [4.78, 5) is 8.80. The van der Waals surface area contributed by atoms with E-state index in [0.717, 1.165) is 35.9 Å². The Morgan fingerprint density at radius 2 is 1.93 bits per heavy atom. The van der Waals surface area contributed by atoms with Gasteiger partial charge in [-0.2, -0.15) is 0 Å². The molecule has 0 saturated carbocycles. The van der Waals surface area contributed by atoms with Crippen LogP contribution in [0.4, 0.5) is 0 Å². The molecule has 3 aromatic rings. The number of aliphatic imine (C=N–C) groups is 1. The summed E-state index contributed by atoms with van der Waals surface area (Å²) in [5.41, 5.74) is 3.48. The normalized spacial score (nSPS) is 11.2. The predicted octanol–water partition coefficient (Wildman–Crippen LogP) is 3.75. The molecule has 0 bridgehead atoms. The van der Waals surface area contributed by atoms with Gasteiger partial charge < -0.3 is 19.9 Å². The van der Waals surface area contributed by atoms with Crippen molar-refractivity contribution in [3.05, 3.63) is 96.6 Å². The number of nitrogens with one attached hydrogen (secondary N) is 2. The van der Waals surface area contributed by atoms with Crippen molar-refractivity contribution in [3.8, 4) is 5.75 Å². The Balaban J connectivity index is 1.58. The molecule has 0 amide bonds. The highest BCUT2D eigenvalue weighted by Gasteiger charge is 2.04. The first-order valence-electron chi connectivity index (χ1n) is 10.2. The third kappa shape index (κ3) is 6.51. The van der Waals surface area contributed by atoms with Crippen molar-refractivity contribution in [2.75, 3.05) is 13.2 Å². The number of para-hydroxylation sites is 1. The summed E-state index contributed by atoms with van der Waals surface area (Å²) in [5, 5.41) is 6.69. The fourth-order valence-electron chi connectivity index (χ4n) is 2.97. The second kappa shape index (κ2) is 11.5. The zero-order valence-electron chi connectivity index (χ0n) is 17.4. The number of ether oxygens (including phenoxy) is 1. The highest BCUT2D eigenvalue weighted by molar-refractivity contribution is 5.79. The van der Waals surface area contributed by atoms with Crippen LogP contribution in [0.25, 0.3) is 0 Å². The highest BCUT2D eigenvalue weighted by Crippen LogP contribution is 2.17. The Bertz CT molecular complexity index is 932. The molecule has 1 heterocycles. The van der Waals surface area contributed by atoms with Crippen LogP contribution in [0.5, 0.6) is 5.75 Å². The molecule has 2 N–H and O–H groups in total. The first-order chi connectivity index (χ1) is 14.8. The van der Waals surface area contributed by atoms with E-state index in [1.807, 2.05) is 36.8 Å². The molecule has 30 heavy (non-hydrogen) atoms. The predicted molar refractivity (Wildman–Crippen MR) is 122 cm³/mol. The van der Waals surface area contributed by atoms with E-state index in [0.29, 0.717) is 19.7 Å². The molecule has 0 saturated heterocycles. The molecule has 2 aromatic carbocycles. The fourth-order valence-corrected chi connectivity index (χ4v) is 2.97. The molecule has 0 aliphatic heterocycles. The van der Waals surface area contributed by atoms with Crippen molar-refractivity contribution in [3.63, 3.8) is 0 Å². The van der Waals surface area contributed by atoms with Crippen molar-refractivity contribution < 1.29 is 4.74 Å². The van der Waals surface area contributed by atoms with Gasteiger partial charge in [-0.05, 0) is 24.1 Å². The number of hydrogen-bond acceptors (Lipinski definition) is 3. The van der Waals surface area contributed by atoms with Gasteiger partial charge in [0.1, 0.15) is 12.4 Å². The van der Waals surface area contributed by atoms with E-state index in [-0.39, 0.29) is 0 Å². The quantitative estimate of drug-likeness (QED) is 0.307. The van der Waals surface area contributed by atoms with E-state index >= 15 is 0 Å². The molecule has 6 heteroatoms. The number of nitrogens with zero attached hydrogens (tertiary/aromatic N) is 3. The van der Waals surface area contributed by atoms with Crippen LogP contribution >= 0.6 is 0 Å². The maximum Gasteiger partial charge on any atom is 0.191 e. The number of guanidine groups is 1. The summed E-state index contributed by atoms with van der Waals surface area (Å²) >= 11 is 0. The molecule has 0 aliphatic carbocycles. The Hall–Kier alpha value is -3.54. The van der Waals surface area contributed by atoms with Gasteiger partial charge in [-0.15, -0.1) is 0 Å². The van der Waals surface area contributed by atoms with Crippen LogP contribution in [0.2, 0.25) is 0 Å². The second-order valence-electron chi connectivity index (χ2n) is 6.81. The number of hydrogen-bond donors (Lipinski definition) is 2. The molecule has 6 nitrogen and oxygen atoms in total. The highest BCUT2D eigenvalue weighted by atomic mass is 16.5. The van der Waals surface area contributed by atoms with Gasteiger partial charge in [0, 0.05) is 37.6 Å². The molecule has 1 aromatic heterocycles. The van der Waals surface area contributed by atoms with Gasteiger partial charge in [0.25, 0.3) is 0 Å². The first-order valence-corrected chi connectivity index (χ1v) is 10.2. The Kier molecular flexibility index (Phi) is 8.09. The lowest BCUT2D eigenvalue weighted by atomic mass is 10.1. The lowest BCUT2D eigenvalue weighted by Gasteiger charge is -2.14. The third-order valence-electron chi connectivity index (χ3n) is 4.49. The molecule has 0 atom stereocenters. The van der Waals surface area contributed by atoms with Crippen molar-refractivity contribution in [1.82, 2.24) is 20.2 Å². The van der Waals surface area contributed by atoms with Crippen LogP contribution in [-0.4, -0.2) is 28.7 Å². The van der Waals surface area contributed by atoms with E-state index in [9.17, 15) is 0 Å². The number of aromatic nitrogens is 2. The second-order valence-corrected chi connectivity index (χ2v) is 6.81. The zero-order valence-corrected chi connectivity index (χ0v) is 17.4. The SMILES string of the molecule is C=CCOc1ccccc1CNC(=NCc1ccc(Cn2ccnc2)cc1)NCC. The number of imidazole rings is 1. The summed E-state index contributed by atoms with van der Waals surface area (Å²) < 4.78 is 7.79. The van der Waals surface area contributed by atoms with Crippen LogP contribution in [0, 0.1) is 0 Å². The van der Waals surface area contributed by atoms with E-state index in [2.05, 4.69) is 58.0 Å². The first kappa shape index (κ1) is 21.2. The van der Waals surface area contributed by atoms with E-state index < -0.39 is 0 Å². The van der Waals surface area contributed by atoms with Gasteiger partial charge in [0.05, 0.1) is 12.9 Å². The molecule has 0 fully saturated rings. The minimum Gasteiger partial charge on any atom is -0.489 e. The molecule has 0 spiro atoms. The van der Waals surface area contributed by atoms with Crippen LogP contribution in [0.15, 0.2) is 84.9 Å². The molecule has 0 radical (unpaired) electrons. The zero-order chi connectivity index (χ0) is 21.0. The van der Waals surface area contributed by atoms with Crippen molar-refractivity contribution in [1.29, 1.82) is 0 Å². The molecule has 3 rings (SSSR count). The maximum atomic E-state index is 5.73. The average molecular weight is 404 g/mol. The van der Waals surface area contributed by atoms with Crippen molar-refractivity contribution in [2.24, 2.45) is 4.99 Å². The minimum atomic E-state index is 0.488. The van der Waals surface area contributed by atoms with Gasteiger partial charge in [-0.1, -0.05) is 55.1 Å². The van der Waals surface area contributed by atoms with E-state index in [1.165, 1.54) is 5.56 Å². The van der Waals surface area contributed by atoms with E-state index in [1.54, 1.807) is 12.3 Å². The average Bonchev–Trinajstić information content (AvgIpc) is 3.29. The van der Waals surface area contributed by atoms with Gasteiger partial charge in [0.15, 0.2) is 5.96 Å². The fraction of sp³-hybridized carbons (Fsp3) is 0.250. The Labute approximate surface area is 178 Å². The summed E-state index contributed by atoms with van der Waals surface area (Å²) in [6.07, 6.45) is 7.33. The van der Waals surface area contributed by atoms with E-state index in [4.69, 9.17) is 9.73 Å².